The van der Waals surface area contributed by atoms with Gasteiger partial charge in [-0.25, -0.2) is 13.8 Å². The number of hydrogen-bond donors (Lipinski definition) is 1. The van der Waals surface area contributed by atoms with Crippen LogP contribution in [0.2, 0.25) is 0 Å². The van der Waals surface area contributed by atoms with E-state index in [1.165, 1.54) is 12.1 Å². The Bertz CT molecular complexity index is 1520. The number of alkyl halides is 2. The molecule has 1 N–H and O–H groups in total. The normalized spacial score (nSPS) is 14.1. The van der Waals surface area contributed by atoms with Gasteiger partial charge in [0.15, 0.2) is 17.7 Å². The van der Waals surface area contributed by atoms with Crippen LogP contribution < -0.4 is 4.74 Å². The molecule has 0 radical (unpaired) electrons. The van der Waals surface area contributed by atoms with E-state index in [0.717, 1.165) is 49.2 Å². The second kappa shape index (κ2) is 15.1. The van der Waals surface area contributed by atoms with Gasteiger partial charge in [-0.1, -0.05) is 54.6 Å². The van der Waals surface area contributed by atoms with Crippen molar-refractivity contribution in [3.63, 3.8) is 0 Å². The van der Waals surface area contributed by atoms with Crippen molar-refractivity contribution in [3.8, 4) is 5.75 Å². The van der Waals surface area contributed by atoms with E-state index < -0.39 is 11.5 Å². The first-order valence-corrected chi connectivity index (χ1v) is 15.1. The quantitative estimate of drug-likeness (QED) is 0.106. The molecule has 0 spiro atoms. The zero-order chi connectivity index (χ0) is 32.5. The first-order chi connectivity index (χ1) is 21.5. The van der Waals surface area contributed by atoms with Gasteiger partial charge >= 0.3 is 0 Å². The number of aliphatic imine (C=N–C) groups is 3. The van der Waals surface area contributed by atoms with Gasteiger partial charge in [0.25, 0.3) is 5.92 Å². The molecule has 1 aliphatic carbocycles. The summed E-state index contributed by atoms with van der Waals surface area (Å²) < 4.78 is 33.9. The van der Waals surface area contributed by atoms with Gasteiger partial charge in [-0.3, -0.25) is 25.1 Å². The van der Waals surface area contributed by atoms with Crippen molar-refractivity contribution in [2.75, 3.05) is 19.8 Å². The number of aldehydes is 1. The van der Waals surface area contributed by atoms with Crippen molar-refractivity contribution in [1.29, 1.82) is 5.41 Å². The molecule has 0 bridgehead atoms. The van der Waals surface area contributed by atoms with Crippen LogP contribution in [0, 0.1) is 11.3 Å². The minimum Gasteiger partial charge on any atom is -0.480 e. The predicted octanol–water partition coefficient (Wildman–Crippen LogP) is 7.15. The summed E-state index contributed by atoms with van der Waals surface area (Å²) in [7, 11) is 0. The molecule has 3 aromatic rings. The third-order valence-electron chi connectivity index (χ3n) is 7.40. The van der Waals surface area contributed by atoms with Crippen LogP contribution in [0.4, 0.5) is 8.78 Å². The fourth-order valence-electron chi connectivity index (χ4n) is 4.56. The second-order valence-electron chi connectivity index (χ2n) is 12.0. The molecule has 1 fully saturated rings. The average Bonchev–Trinajstić information content (AvgIpc) is 3.86. The van der Waals surface area contributed by atoms with Crippen molar-refractivity contribution >= 4 is 30.8 Å². The maximum atomic E-state index is 14.1. The smallest absolute Gasteiger partial charge is 0.270 e. The number of rotatable bonds is 16. The number of carbonyl (C=O) groups excluding carboxylic acids is 1. The van der Waals surface area contributed by atoms with E-state index >= 15 is 0 Å². The highest BCUT2D eigenvalue weighted by Crippen LogP contribution is 2.28. The molecule has 1 saturated carbocycles. The summed E-state index contributed by atoms with van der Waals surface area (Å²) in [4.78, 5) is 26.5. The first kappa shape index (κ1) is 33.5. The van der Waals surface area contributed by atoms with Crippen molar-refractivity contribution < 1.29 is 18.3 Å². The summed E-state index contributed by atoms with van der Waals surface area (Å²) in [6, 6.07) is 21.7. The van der Waals surface area contributed by atoms with E-state index in [1.54, 1.807) is 26.0 Å². The Labute approximate surface area is 264 Å². The van der Waals surface area contributed by atoms with E-state index in [9.17, 15) is 13.6 Å². The Morgan fingerprint density at radius 3 is 2.33 bits per heavy atom. The number of halogens is 2. The highest BCUT2D eigenvalue weighted by atomic mass is 19.3. The molecule has 4 rings (SSSR count). The molecule has 45 heavy (non-hydrogen) atoms. The molecule has 0 saturated heterocycles. The first-order valence-electron chi connectivity index (χ1n) is 15.1. The Morgan fingerprint density at radius 1 is 1.02 bits per heavy atom. The van der Waals surface area contributed by atoms with Crippen molar-refractivity contribution in [1.82, 2.24) is 4.90 Å². The monoisotopic (exact) mass is 613 g/mol. The van der Waals surface area contributed by atoms with E-state index in [-0.39, 0.29) is 17.9 Å². The van der Waals surface area contributed by atoms with Gasteiger partial charge in [-0.05, 0) is 80.6 Å². The molecular weight excluding hydrogens is 572 g/mol. The summed E-state index contributed by atoms with van der Waals surface area (Å²) in [6.45, 7) is 9.66. The molecule has 236 valence electrons. The predicted molar refractivity (Wildman–Crippen MR) is 178 cm³/mol. The van der Waals surface area contributed by atoms with Gasteiger partial charge in [-0.2, -0.15) is 0 Å². The van der Waals surface area contributed by atoms with E-state index in [0.29, 0.717) is 42.7 Å². The van der Waals surface area contributed by atoms with E-state index in [2.05, 4.69) is 21.6 Å². The van der Waals surface area contributed by atoms with E-state index in [1.807, 2.05) is 54.7 Å². The molecule has 0 atom stereocenters. The number of nitrogens with one attached hydrogen (secondary N) is 1. The van der Waals surface area contributed by atoms with Crippen molar-refractivity contribution in [2.45, 2.75) is 58.1 Å². The van der Waals surface area contributed by atoms with Gasteiger partial charge in [0.1, 0.15) is 5.75 Å². The summed E-state index contributed by atoms with van der Waals surface area (Å²) in [5.74, 6) is -1.59. The van der Waals surface area contributed by atoms with E-state index in [4.69, 9.17) is 15.1 Å². The number of amidine groups is 1. The Hall–Kier alpha value is -4.37. The van der Waals surface area contributed by atoms with Gasteiger partial charge < -0.3 is 4.74 Å². The number of benzene rings is 3. The summed E-state index contributed by atoms with van der Waals surface area (Å²) >= 11 is 0. The molecule has 7 nitrogen and oxygen atoms in total. The maximum Gasteiger partial charge on any atom is 0.270 e. The Balaban J connectivity index is 1.52. The lowest BCUT2D eigenvalue weighted by Crippen LogP contribution is -2.29. The van der Waals surface area contributed by atoms with Crippen LogP contribution in [-0.2, 0) is 23.7 Å². The molecule has 0 heterocycles. The summed E-state index contributed by atoms with van der Waals surface area (Å²) in [6.07, 6.45) is 5.65. The largest absolute Gasteiger partial charge is 0.480 e. The van der Waals surface area contributed by atoms with Crippen LogP contribution in [-0.4, -0.2) is 61.0 Å². The zero-order valence-electron chi connectivity index (χ0n) is 26.2. The van der Waals surface area contributed by atoms with Crippen LogP contribution in [0.3, 0.4) is 0 Å². The Morgan fingerprint density at radius 2 is 1.71 bits per heavy atom. The highest BCUT2D eigenvalue weighted by Gasteiger charge is 2.25. The number of hydrogen-bond acceptors (Lipinski definition) is 6. The zero-order valence-corrected chi connectivity index (χ0v) is 26.2. The van der Waals surface area contributed by atoms with Gasteiger partial charge in [-0.15, -0.1) is 0 Å². The highest BCUT2D eigenvalue weighted by molar-refractivity contribution is 6.02. The molecule has 0 aliphatic heterocycles. The molecule has 0 unspecified atom stereocenters. The third-order valence-corrected chi connectivity index (χ3v) is 7.40. The fourth-order valence-corrected chi connectivity index (χ4v) is 4.56. The molecule has 0 aromatic heterocycles. The summed E-state index contributed by atoms with van der Waals surface area (Å²) in [5, 5.41) is 8.27. The van der Waals surface area contributed by atoms with Crippen molar-refractivity contribution in [2.24, 2.45) is 20.9 Å². The van der Waals surface area contributed by atoms with Gasteiger partial charge in [0.2, 0.25) is 0 Å². The van der Waals surface area contributed by atoms with Crippen LogP contribution in [0.5, 0.6) is 5.75 Å². The lowest BCUT2D eigenvalue weighted by atomic mass is 10.0. The SMILES string of the molecule is C=NC/C(=N\CN(CCc1ccc(OC(C)(C)C=O)cc1)Cc1ccc(C(=N)N=CC2CC2)cc1)c1cccc(C(C)(F)F)c1. The van der Waals surface area contributed by atoms with Crippen LogP contribution in [0.1, 0.15) is 61.4 Å². The topological polar surface area (TPSA) is 90.5 Å². The minimum atomic E-state index is -2.97. The second-order valence-corrected chi connectivity index (χ2v) is 12.0. The Kier molecular flexibility index (Phi) is 11.2. The van der Waals surface area contributed by atoms with Crippen LogP contribution >= 0.6 is 0 Å². The maximum absolute atomic E-state index is 14.1. The average molecular weight is 614 g/mol. The fraction of sp³-hybridized carbons (Fsp3) is 0.361. The molecular formula is C36H41F2N5O2. The van der Waals surface area contributed by atoms with Crippen LogP contribution in [0.15, 0.2) is 87.8 Å². The number of ether oxygens (including phenoxy) is 1. The molecule has 9 heteroatoms. The molecule has 0 amide bonds. The third kappa shape index (κ3) is 10.6. The van der Waals surface area contributed by atoms with Gasteiger partial charge in [0.05, 0.1) is 18.9 Å². The van der Waals surface area contributed by atoms with Gasteiger partial charge in [0, 0.05) is 37.4 Å². The number of nitrogens with zero attached hydrogens (tertiary/aromatic N) is 4. The standard InChI is InChI=1S/C36H41F2N5O2/c1-35(2,24-44)45-32-16-12-26(13-17-32)18-19-43(23-28-10-14-29(15-11-28)34(39)41-21-27-8-9-27)25-42-33(22-40-4)30-6-5-7-31(20-30)36(3,37)38/h5-7,10-17,20-21,24,27,39H,4,8-9,18-19,22-23,25H2,1-3H3/b39-34?,41-21?,42-33+. The lowest BCUT2D eigenvalue weighted by Gasteiger charge is -2.22. The molecule has 3 aromatic carbocycles. The summed E-state index contributed by atoms with van der Waals surface area (Å²) in [5.41, 5.74) is 3.07. The molecule has 1 aliphatic rings. The minimum absolute atomic E-state index is 0.0790. The van der Waals surface area contributed by atoms with Crippen LogP contribution in [0.25, 0.3) is 0 Å². The lowest BCUT2D eigenvalue weighted by molar-refractivity contribution is -0.119. The number of carbonyl (C=O) groups is 1. The van der Waals surface area contributed by atoms with Crippen molar-refractivity contribution in [3.05, 3.63) is 101 Å².